The lowest BCUT2D eigenvalue weighted by molar-refractivity contribution is 0.0714. The molecule has 0 amide bonds. The number of aliphatic hydroxyl groups is 1. The van der Waals surface area contributed by atoms with Crippen molar-refractivity contribution in [2.24, 2.45) is 0 Å². The predicted molar refractivity (Wildman–Crippen MR) is 61.0 cm³/mol. The Morgan fingerprint density at radius 1 is 1.38 bits per heavy atom. The van der Waals surface area contributed by atoms with Gasteiger partial charge >= 0.3 is 0 Å². The first-order valence-corrected chi connectivity index (χ1v) is 6.21. The molecular formula is C12H19N3O. The van der Waals surface area contributed by atoms with Crippen LogP contribution >= 0.6 is 0 Å². The van der Waals surface area contributed by atoms with E-state index in [9.17, 15) is 5.11 Å². The lowest BCUT2D eigenvalue weighted by Gasteiger charge is -2.27. The Kier molecular flexibility index (Phi) is 2.48. The van der Waals surface area contributed by atoms with Gasteiger partial charge in [-0.05, 0) is 45.7 Å². The molecule has 4 heteroatoms. The molecule has 4 nitrogen and oxygen atoms in total. The molecule has 1 aromatic rings. The van der Waals surface area contributed by atoms with E-state index in [-0.39, 0.29) is 6.23 Å². The molecule has 3 rings (SSSR count). The van der Waals surface area contributed by atoms with Gasteiger partial charge in [-0.3, -0.25) is 4.90 Å². The van der Waals surface area contributed by atoms with Crippen molar-refractivity contribution < 1.29 is 5.11 Å². The fourth-order valence-corrected chi connectivity index (χ4v) is 3.02. The Morgan fingerprint density at radius 3 is 3.00 bits per heavy atom. The van der Waals surface area contributed by atoms with E-state index in [0.29, 0.717) is 6.04 Å². The Morgan fingerprint density at radius 2 is 2.25 bits per heavy atom. The fourth-order valence-electron chi connectivity index (χ4n) is 3.02. The molecule has 16 heavy (non-hydrogen) atoms. The minimum absolute atomic E-state index is 0.352. The largest absolute Gasteiger partial charge is 0.373 e. The Labute approximate surface area is 95.9 Å². The number of hydrogen-bond acceptors (Lipinski definition) is 3. The first kappa shape index (κ1) is 10.3. The molecule has 1 aromatic heterocycles. The zero-order valence-electron chi connectivity index (χ0n) is 9.76. The molecule has 2 atom stereocenters. The normalized spacial score (nSPS) is 30.6. The number of nitrogens with zero attached hydrogens (tertiary/aromatic N) is 3. The van der Waals surface area contributed by atoms with Crippen LogP contribution in [0.5, 0.6) is 0 Å². The van der Waals surface area contributed by atoms with Crippen LogP contribution in [0.25, 0.3) is 0 Å². The average Bonchev–Trinajstić information content (AvgIpc) is 2.84. The van der Waals surface area contributed by atoms with Gasteiger partial charge in [0.1, 0.15) is 12.1 Å². The number of hydrogen-bond donors (Lipinski definition) is 1. The maximum absolute atomic E-state index is 10.1. The SMILES string of the molecule is CN1CCCC1c1ncc2n1C(O)CCC2. The highest BCUT2D eigenvalue weighted by molar-refractivity contribution is 5.13. The van der Waals surface area contributed by atoms with E-state index < -0.39 is 0 Å². The number of rotatable bonds is 1. The van der Waals surface area contributed by atoms with Crippen LogP contribution in [-0.2, 0) is 6.42 Å². The van der Waals surface area contributed by atoms with E-state index in [2.05, 4.69) is 21.5 Å². The Balaban J connectivity index is 1.98. The van der Waals surface area contributed by atoms with E-state index in [1.54, 1.807) is 0 Å². The van der Waals surface area contributed by atoms with Gasteiger partial charge in [-0.15, -0.1) is 0 Å². The standard InChI is InChI=1S/C12H19N3O/c1-14-7-3-5-10(14)12-13-8-9-4-2-6-11(16)15(9)12/h8,10-11,16H,2-7H2,1H3. The van der Waals surface area contributed by atoms with Gasteiger partial charge in [-0.1, -0.05) is 0 Å². The topological polar surface area (TPSA) is 41.3 Å². The second-order valence-electron chi connectivity index (χ2n) is 4.99. The molecule has 0 aliphatic carbocycles. The third-order valence-corrected chi connectivity index (χ3v) is 3.91. The second kappa shape index (κ2) is 3.86. The molecule has 1 saturated heterocycles. The lowest BCUT2D eigenvalue weighted by atomic mass is 10.1. The van der Waals surface area contributed by atoms with Gasteiger partial charge in [-0.2, -0.15) is 0 Å². The van der Waals surface area contributed by atoms with Gasteiger partial charge in [-0.25, -0.2) is 4.98 Å². The highest BCUT2D eigenvalue weighted by atomic mass is 16.3. The zero-order chi connectivity index (χ0) is 11.1. The maximum Gasteiger partial charge on any atom is 0.132 e. The summed E-state index contributed by atoms with van der Waals surface area (Å²) in [5.41, 5.74) is 1.20. The third kappa shape index (κ3) is 1.48. The number of aryl methyl sites for hydroxylation is 1. The maximum atomic E-state index is 10.1. The van der Waals surface area contributed by atoms with Gasteiger partial charge < -0.3 is 9.67 Å². The molecule has 1 N–H and O–H groups in total. The summed E-state index contributed by atoms with van der Waals surface area (Å²) in [5.74, 6) is 1.07. The zero-order valence-corrected chi connectivity index (χ0v) is 9.76. The van der Waals surface area contributed by atoms with Crippen LogP contribution in [0.4, 0.5) is 0 Å². The van der Waals surface area contributed by atoms with Gasteiger partial charge in [0.25, 0.3) is 0 Å². The number of imidazole rings is 1. The number of aliphatic hydroxyl groups excluding tert-OH is 1. The second-order valence-corrected chi connectivity index (χ2v) is 4.99. The van der Waals surface area contributed by atoms with Crippen LogP contribution in [-0.4, -0.2) is 33.1 Å². The lowest BCUT2D eigenvalue weighted by Crippen LogP contribution is -2.25. The number of fused-ring (bicyclic) bond motifs is 1. The van der Waals surface area contributed by atoms with Gasteiger partial charge in [0.2, 0.25) is 0 Å². The van der Waals surface area contributed by atoms with Crippen molar-refractivity contribution in [2.45, 2.75) is 44.4 Å². The Bertz CT molecular complexity index is 388. The molecule has 0 saturated carbocycles. The van der Waals surface area contributed by atoms with Crippen LogP contribution in [0, 0.1) is 0 Å². The summed E-state index contributed by atoms with van der Waals surface area (Å²) < 4.78 is 2.07. The smallest absolute Gasteiger partial charge is 0.132 e. The molecule has 0 radical (unpaired) electrons. The molecule has 0 bridgehead atoms. The van der Waals surface area contributed by atoms with Crippen molar-refractivity contribution in [3.8, 4) is 0 Å². The summed E-state index contributed by atoms with van der Waals surface area (Å²) in [6, 6.07) is 0.404. The first-order chi connectivity index (χ1) is 7.77. The summed E-state index contributed by atoms with van der Waals surface area (Å²) in [6.07, 6.45) is 7.00. The molecule has 2 aliphatic rings. The van der Waals surface area contributed by atoms with Crippen LogP contribution in [0.1, 0.15) is 49.5 Å². The predicted octanol–water partition coefficient (Wildman–Crippen LogP) is 1.48. The van der Waals surface area contributed by atoms with Crippen molar-refractivity contribution in [1.29, 1.82) is 0 Å². The van der Waals surface area contributed by atoms with Crippen molar-refractivity contribution in [1.82, 2.24) is 14.5 Å². The molecule has 0 spiro atoms. The average molecular weight is 221 g/mol. The number of aromatic nitrogens is 2. The summed E-state index contributed by atoms with van der Waals surface area (Å²) >= 11 is 0. The molecule has 0 aromatic carbocycles. The van der Waals surface area contributed by atoms with Crippen molar-refractivity contribution in [3.05, 3.63) is 17.7 Å². The van der Waals surface area contributed by atoms with Crippen LogP contribution in [0.2, 0.25) is 0 Å². The number of likely N-dealkylation sites (tertiary alicyclic amines) is 1. The van der Waals surface area contributed by atoms with Crippen LogP contribution in [0.15, 0.2) is 6.20 Å². The van der Waals surface area contributed by atoms with Crippen LogP contribution < -0.4 is 0 Å². The fraction of sp³-hybridized carbons (Fsp3) is 0.750. The minimum atomic E-state index is -0.352. The van der Waals surface area contributed by atoms with Crippen LogP contribution in [0.3, 0.4) is 0 Å². The molecule has 2 aliphatic heterocycles. The quantitative estimate of drug-likeness (QED) is 0.781. The van der Waals surface area contributed by atoms with E-state index in [1.807, 2.05) is 6.20 Å². The molecule has 2 unspecified atom stereocenters. The van der Waals surface area contributed by atoms with Crippen molar-refractivity contribution in [3.63, 3.8) is 0 Å². The molecule has 1 fully saturated rings. The van der Waals surface area contributed by atoms with E-state index in [1.165, 1.54) is 18.5 Å². The summed E-state index contributed by atoms with van der Waals surface area (Å²) in [6.45, 7) is 1.14. The highest BCUT2D eigenvalue weighted by Gasteiger charge is 2.30. The van der Waals surface area contributed by atoms with E-state index in [4.69, 9.17) is 0 Å². The van der Waals surface area contributed by atoms with Crippen molar-refractivity contribution in [2.75, 3.05) is 13.6 Å². The third-order valence-electron chi connectivity index (χ3n) is 3.91. The van der Waals surface area contributed by atoms with Gasteiger partial charge in [0.05, 0.1) is 6.04 Å². The van der Waals surface area contributed by atoms with Crippen molar-refractivity contribution >= 4 is 0 Å². The Hall–Kier alpha value is -0.870. The first-order valence-electron chi connectivity index (χ1n) is 6.21. The molecule has 88 valence electrons. The van der Waals surface area contributed by atoms with E-state index in [0.717, 1.165) is 31.6 Å². The highest BCUT2D eigenvalue weighted by Crippen LogP contribution is 2.34. The van der Waals surface area contributed by atoms with E-state index >= 15 is 0 Å². The van der Waals surface area contributed by atoms with Gasteiger partial charge in [0.15, 0.2) is 0 Å². The summed E-state index contributed by atoms with van der Waals surface area (Å²) in [7, 11) is 2.15. The minimum Gasteiger partial charge on any atom is -0.373 e. The molecule has 3 heterocycles. The summed E-state index contributed by atoms with van der Waals surface area (Å²) in [5, 5.41) is 10.1. The van der Waals surface area contributed by atoms with Gasteiger partial charge in [0, 0.05) is 11.9 Å². The summed E-state index contributed by atoms with van der Waals surface area (Å²) in [4.78, 5) is 6.89. The monoisotopic (exact) mass is 221 g/mol. The molecular weight excluding hydrogens is 202 g/mol.